The third-order valence-corrected chi connectivity index (χ3v) is 4.23. The number of hydrogen-bond donors (Lipinski definition) is 1. The Kier molecular flexibility index (Phi) is 4.84. The van der Waals surface area contributed by atoms with Crippen molar-refractivity contribution in [2.45, 2.75) is 57.9 Å². The first-order valence-corrected chi connectivity index (χ1v) is 7.29. The Hall–Kier alpha value is -0.570. The molecule has 0 aromatic carbocycles. The van der Waals surface area contributed by atoms with Crippen molar-refractivity contribution in [2.75, 3.05) is 19.6 Å². The summed E-state index contributed by atoms with van der Waals surface area (Å²) in [5, 5.41) is 3.41. The van der Waals surface area contributed by atoms with Gasteiger partial charge < -0.3 is 10.2 Å². The molecular formula is C14H26N2O. The van der Waals surface area contributed by atoms with Gasteiger partial charge in [-0.2, -0.15) is 0 Å². The topological polar surface area (TPSA) is 32.3 Å². The standard InChI is InChI=1S/C14H26N2O/c1-12(15-11-13-7-6-8-13)14(17)16-9-4-2-3-5-10-16/h12-13,15H,2-11H2,1H3. The molecule has 98 valence electrons. The van der Waals surface area contributed by atoms with Gasteiger partial charge in [-0.1, -0.05) is 19.3 Å². The molecule has 1 aliphatic carbocycles. The van der Waals surface area contributed by atoms with Crippen LogP contribution in [0.2, 0.25) is 0 Å². The van der Waals surface area contributed by atoms with Gasteiger partial charge >= 0.3 is 0 Å². The molecule has 2 aliphatic rings. The predicted molar refractivity (Wildman–Crippen MR) is 69.9 cm³/mol. The molecule has 1 atom stereocenters. The summed E-state index contributed by atoms with van der Waals surface area (Å²) in [5.41, 5.74) is 0. The first-order chi connectivity index (χ1) is 8.27. The van der Waals surface area contributed by atoms with Crippen LogP contribution in [0.4, 0.5) is 0 Å². The van der Waals surface area contributed by atoms with E-state index in [1.807, 2.05) is 6.92 Å². The molecule has 1 saturated carbocycles. The van der Waals surface area contributed by atoms with Crippen LogP contribution in [-0.2, 0) is 4.79 Å². The van der Waals surface area contributed by atoms with E-state index >= 15 is 0 Å². The van der Waals surface area contributed by atoms with E-state index in [2.05, 4.69) is 10.2 Å². The van der Waals surface area contributed by atoms with Crippen molar-refractivity contribution in [3.8, 4) is 0 Å². The maximum absolute atomic E-state index is 12.2. The Morgan fingerprint density at radius 3 is 2.35 bits per heavy atom. The number of amides is 1. The molecule has 1 amide bonds. The van der Waals surface area contributed by atoms with Gasteiger partial charge in [0.05, 0.1) is 6.04 Å². The van der Waals surface area contributed by atoms with E-state index in [1.165, 1.54) is 44.9 Å². The maximum Gasteiger partial charge on any atom is 0.239 e. The minimum atomic E-state index is 0.00806. The van der Waals surface area contributed by atoms with Crippen LogP contribution in [0.25, 0.3) is 0 Å². The summed E-state index contributed by atoms with van der Waals surface area (Å²) in [6, 6.07) is 0.00806. The molecule has 1 saturated heterocycles. The largest absolute Gasteiger partial charge is 0.341 e. The lowest BCUT2D eigenvalue weighted by Crippen LogP contribution is -2.47. The van der Waals surface area contributed by atoms with E-state index < -0.39 is 0 Å². The van der Waals surface area contributed by atoms with E-state index in [0.29, 0.717) is 5.91 Å². The van der Waals surface area contributed by atoms with Crippen LogP contribution in [0.15, 0.2) is 0 Å². The van der Waals surface area contributed by atoms with Crippen molar-refractivity contribution in [3.05, 3.63) is 0 Å². The summed E-state index contributed by atoms with van der Waals surface area (Å²) in [7, 11) is 0. The second-order valence-electron chi connectivity index (χ2n) is 5.67. The highest BCUT2D eigenvalue weighted by Crippen LogP contribution is 2.25. The van der Waals surface area contributed by atoms with Gasteiger partial charge in [-0.25, -0.2) is 0 Å². The minimum Gasteiger partial charge on any atom is -0.341 e. The van der Waals surface area contributed by atoms with E-state index in [4.69, 9.17) is 0 Å². The molecule has 0 bridgehead atoms. The van der Waals surface area contributed by atoms with Crippen molar-refractivity contribution in [2.24, 2.45) is 5.92 Å². The highest BCUT2D eigenvalue weighted by Gasteiger charge is 2.23. The smallest absolute Gasteiger partial charge is 0.239 e. The molecule has 2 fully saturated rings. The van der Waals surface area contributed by atoms with Crippen molar-refractivity contribution >= 4 is 5.91 Å². The molecular weight excluding hydrogens is 212 g/mol. The molecule has 1 unspecified atom stereocenters. The molecule has 1 aliphatic heterocycles. The van der Waals surface area contributed by atoms with E-state index in [1.54, 1.807) is 0 Å². The number of hydrogen-bond acceptors (Lipinski definition) is 2. The molecule has 0 radical (unpaired) electrons. The number of carbonyl (C=O) groups is 1. The second-order valence-corrected chi connectivity index (χ2v) is 5.67. The molecule has 0 aromatic rings. The lowest BCUT2D eigenvalue weighted by atomic mass is 9.85. The fourth-order valence-corrected chi connectivity index (χ4v) is 2.69. The van der Waals surface area contributed by atoms with E-state index in [9.17, 15) is 4.79 Å². The first-order valence-electron chi connectivity index (χ1n) is 7.29. The summed E-state index contributed by atoms with van der Waals surface area (Å²) >= 11 is 0. The molecule has 2 rings (SSSR count). The van der Waals surface area contributed by atoms with E-state index in [0.717, 1.165) is 25.6 Å². The Balaban J connectivity index is 1.72. The van der Waals surface area contributed by atoms with Gasteiger partial charge in [-0.15, -0.1) is 0 Å². The zero-order valence-corrected chi connectivity index (χ0v) is 11.1. The number of rotatable bonds is 4. The zero-order valence-electron chi connectivity index (χ0n) is 11.1. The van der Waals surface area contributed by atoms with Crippen LogP contribution < -0.4 is 5.32 Å². The molecule has 0 aromatic heterocycles. The SMILES string of the molecule is CC(NCC1CCC1)C(=O)N1CCCCCC1. The quantitative estimate of drug-likeness (QED) is 0.814. The molecule has 1 heterocycles. The monoisotopic (exact) mass is 238 g/mol. The predicted octanol–water partition coefficient (Wildman–Crippen LogP) is 2.17. The van der Waals surface area contributed by atoms with Gasteiger partial charge in [0.15, 0.2) is 0 Å². The van der Waals surface area contributed by atoms with Gasteiger partial charge in [-0.3, -0.25) is 4.79 Å². The molecule has 0 spiro atoms. The van der Waals surface area contributed by atoms with Crippen LogP contribution in [-0.4, -0.2) is 36.5 Å². The fraction of sp³-hybridized carbons (Fsp3) is 0.929. The average Bonchev–Trinajstić information content (AvgIpc) is 2.54. The zero-order chi connectivity index (χ0) is 12.1. The van der Waals surface area contributed by atoms with Crippen LogP contribution in [0.5, 0.6) is 0 Å². The molecule has 17 heavy (non-hydrogen) atoms. The Morgan fingerprint density at radius 1 is 1.18 bits per heavy atom. The number of carbonyl (C=O) groups excluding carboxylic acids is 1. The van der Waals surface area contributed by atoms with Crippen LogP contribution in [0.1, 0.15) is 51.9 Å². The molecule has 3 heteroatoms. The van der Waals surface area contributed by atoms with Gasteiger partial charge in [0.2, 0.25) is 5.91 Å². The number of likely N-dealkylation sites (tertiary alicyclic amines) is 1. The average molecular weight is 238 g/mol. The van der Waals surface area contributed by atoms with Crippen molar-refractivity contribution in [1.82, 2.24) is 10.2 Å². The Bertz CT molecular complexity index is 243. The lowest BCUT2D eigenvalue weighted by Gasteiger charge is -2.29. The van der Waals surface area contributed by atoms with Gasteiger partial charge in [0.1, 0.15) is 0 Å². The summed E-state index contributed by atoms with van der Waals surface area (Å²) < 4.78 is 0. The number of nitrogens with zero attached hydrogens (tertiary/aromatic N) is 1. The van der Waals surface area contributed by atoms with E-state index in [-0.39, 0.29) is 6.04 Å². The number of nitrogens with one attached hydrogen (secondary N) is 1. The van der Waals surface area contributed by atoms with Gasteiger partial charge in [0.25, 0.3) is 0 Å². The molecule has 3 nitrogen and oxygen atoms in total. The van der Waals surface area contributed by atoms with Gasteiger partial charge in [0, 0.05) is 13.1 Å². The minimum absolute atomic E-state index is 0.00806. The first kappa shape index (κ1) is 12.9. The van der Waals surface area contributed by atoms with Crippen LogP contribution in [0, 0.1) is 5.92 Å². The summed E-state index contributed by atoms with van der Waals surface area (Å²) in [4.78, 5) is 14.3. The van der Waals surface area contributed by atoms with Crippen molar-refractivity contribution in [3.63, 3.8) is 0 Å². The fourth-order valence-electron chi connectivity index (χ4n) is 2.69. The Labute approximate surface area is 105 Å². The van der Waals surface area contributed by atoms with Crippen molar-refractivity contribution in [1.29, 1.82) is 0 Å². The maximum atomic E-state index is 12.2. The second kappa shape index (κ2) is 6.39. The van der Waals surface area contributed by atoms with Crippen molar-refractivity contribution < 1.29 is 4.79 Å². The Morgan fingerprint density at radius 2 is 1.82 bits per heavy atom. The van der Waals surface area contributed by atoms with Crippen LogP contribution >= 0.6 is 0 Å². The third-order valence-electron chi connectivity index (χ3n) is 4.23. The molecule has 1 N–H and O–H groups in total. The highest BCUT2D eigenvalue weighted by atomic mass is 16.2. The van der Waals surface area contributed by atoms with Crippen LogP contribution in [0.3, 0.4) is 0 Å². The summed E-state index contributed by atoms with van der Waals surface area (Å²) in [5.74, 6) is 1.14. The summed E-state index contributed by atoms with van der Waals surface area (Å²) in [6.07, 6.45) is 9.00. The normalized spacial score (nSPS) is 23.9. The summed E-state index contributed by atoms with van der Waals surface area (Å²) in [6.45, 7) is 4.98. The van der Waals surface area contributed by atoms with Gasteiger partial charge in [-0.05, 0) is 45.1 Å². The third kappa shape index (κ3) is 3.70. The lowest BCUT2D eigenvalue weighted by molar-refractivity contribution is -0.133. The highest BCUT2D eigenvalue weighted by molar-refractivity contribution is 5.81.